The fourth-order valence-corrected chi connectivity index (χ4v) is 3.56. The van der Waals surface area contributed by atoms with Crippen LogP contribution >= 0.6 is 0 Å². The number of amides is 1. The first kappa shape index (κ1) is 15.3. The van der Waals surface area contributed by atoms with Gasteiger partial charge in [-0.05, 0) is 45.6 Å². The van der Waals surface area contributed by atoms with Gasteiger partial charge in [0.15, 0.2) is 0 Å². The first-order valence-electron chi connectivity index (χ1n) is 8.39. The molecule has 22 heavy (non-hydrogen) atoms. The van der Waals surface area contributed by atoms with E-state index in [9.17, 15) is 4.79 Å². The van der Waals surface area contributed by atoms with Gasteiger partial charge in [-0.3, -0.25) is 4.79 Å². The minimum atomic E-state index is 0.0142. The zero-order chi connectivity index (χ0) is 15.5. The predicted octanol–water partition coefficient (Wildman–Crippen LogP) is 2.65. The first-order valence-corrected chi connectivity index (χ1v) is 8.39. The van der Waals surface area contributed by atoms with Crippen molar-refractivity contribution in [3.8, 4) is 6.01 Å². The number of aromatic nitrogens is 2. The van der Waals surface area contributed by atoms with E-state index >= 15 is 0 Å². The number of nitrogens with zero attached hydrogens (tertiary/aromatic N) is 3. The molecule has 1 amide bonds. The summed E-state index contributed by atoms with van der Waals surface area (Å²) in [4.78, 5) is 23.2. The Balaban J connectivity index is 1.61. The van der Waals surface area contributed by atoms with Crippen molar-refractivity contribution in [2.75, 3.05) is 13.1 Å². The normalized spacial score (nSPS) is 22.8. The molecule has 0 bridgehead atoms. The van der Waals surface area contributed by atoms with Crippen molar-refractivity contribution in [1.82, 2.24) is 14.9 Å². The number of aryl methyl sites for hydroxylation is 2. The Morgan fingerprint density at radius 2 is 1.82 bits per heavy atom. The van der Waals surface area contributed by atoms with E-state index in [4.69, 9.17) is 4.74 Å². The Labute approximate surface area is 132 Å². The Kier molecular flexibility index (Phi) is 4.60. The van der Waals surface area contributed by atoms with E-state index in [2.05, 4.69) is 9.97 Å². The molecular formula is C17H25N3O2. The minimum Gasteiger partial charge on any atom is -0.458 e. The molecule has 1 aromatic heterocycles. The number of rotatable bonds is 3. The third-order valence-electron chi connectivity index (χ3n) is 4.63. The van der Waals surface area contributed by atoms with Crippen molar-refractivity contribution < 1.29 is 9.53 Å². The van der Waals surface area contributed by atoms with Crippen molar-refractivity contribution in [2.45, 2.75) is 58.5 Å². The second-order valence-corrected chi connectivity index (χ2v) is 6.58. The standard InChI is InChI=1S/C17H25N3O2/c1-12-10-13(2)19-17(18-12)22-15-8-5-9-20(11-15)16(21)14-6-3-4-7-14/h10,14-15H,3-9,11H2,1-2H3. The average Bonchev–Trinajstić information content (AvgIpc) is 3.00. The number of piperidine rings is 1. The molecule has 1 saturated heterocycles. The Morgan fingerprint density at radius 1 is 1.14 bits per heavy atom. The first-order chi connectivity index (χ1) is 10.6. The number of carbonyl (C=O) groups excluding carboxylic acids is 1. The van der Waals surface area contributed by atoms with Crippen LogP contribution in [0.15, 0.2) is 6.07 Å². The van der Waals surface area contributed by atoms with Gasteiger partial charge in [-0.2, -0.15) is 0 Å². The van der Waals surface area contributed by atoms with Crippen LogP contribution in [-0.4, -0.2) is 40.0 Å². The summed E-state index contributed by atoms with van der Waals surface area (Å²) >= 11 is 0. The second kappa shape index (κ2) is 6.63. The quantitative estimate of drug-likeness (QED) is 0.861. The lowest BCUT2D eigenvalue weighted by molar-refractivity contribution is -0.138. The molecule has 2 aliphatic rings. The summed E-state index contributed by atoms with van der Waals surface area (Å²) in [7, 11) is 0. The zero-order valence-corrected chi connectivity index (χ0v) is 13.5. The van der Waals surface area contributed by atoms with Crippen LogP contribution in [-0.2, 0) is 4.79 Å². The minimum absolute atomic E-state index is 0.0142. The summed E-state index contributed by atoms with van der Waals surface area (Å²) in [5, 5.41) is 0. The highest BCUT2D eigenvalue weighted by molar-refractivity contribution is 5.79. The molecule has 1 saturated carbocycles. The zero-order valence-electron chi connectivity index (χ0n) is 13.5. The number of hydrogen-bond donors (Lipinski definition) is 0. The van der Waals surface area contributed by atoms with Gasteiger partial charge in [0.25, 0.3) is 0 Å². The van der Waals surface area contributed by atoms with Gasteiger partial charge in [0, 0.05) is 23.9 Å². The van der Waals surface area contributed by atoms with Crippen LogP contribution in [0.2, 0.25) is 0 Å². The number of carbonyl (C=O) groups is 1. The third-order valence-corrected chi connectivity index (χ3v) is 4.63. The monoisotopic (exact) mass is 303 g/mol. The molecule has 1 aliphatic carbocycles. The lowest BCUT2D eigenvalue weighted by atomic mass is 10.0. The second-order valence-electron chi connectivity index (χ2n) is 6.58. The number of ether oxygens (including phenoxy) is 1. The summed E-state index contributed by atoms with van der Waals surface area (Å²) < 4.78 is 5.94. The van der Waals surface area contributed by atoms with Crippen molar-refractivity contribution in [3.63, 3.8) is 0 Å². The molecule has 3 rings (SSSR count). The fourth-order valence-electron chi connectivity index (χ4n) is 3.56. The van der Waals surface area contributed by atoms with Gasteiger partial charge in [0.2, 0.25) is 5.91 Å². The highest BCUT2D eigenvalue weighted by Crippen LogP contribution is 2.28. The van der Waals surface area contributed by atoms with Crippen LogP contribution in [0, 0.1) is 19.8 Å². The van der Waals surface area contributed by atoms with Crippen LogP contribution in [0.1, 0.15) is 49.9 Å². The molecule has 1 aliphatic heterocycles. The van der Waals surface area contributed by atoms with Crippen molar-refractivity contribution in [1.29, 1.82) is 0 Å². The van der Waals surface area contributed by atoms with E-state index in [1.54, 1.807) is 0 Å². The molecule has 5 heteroatoms. The summed E-state index contributed by atoms with van der Waals surface area (Å²) in [6.07, 6.45) is 6.47. The van der Waals surface area contributed by atoms with Crippen LogP contribution in [0.5, 0.6) is 6.01 Å². The number of hydrogen-bond acceptors (Lipinski definition) is 4. The molecule has 5 nitrogen and oxygen atoms in total. The maximum atomic E-state index is 12.5. The SMILES string of the molecule is Cc1cc(C)nc(OC2CCCN(C(=O)C3CCCC3)C2)n1. The lowest BCUT2D eigenvalue weighted by Crippen LogP contribution is -2.46. The maximum Gasteiger partial charge on any atom is 0.317 e. The van der Waals surface area contributed by atoms with Gasteiger partial charge >= 0.3 is 6.01 Å². The van der Waals surface area contributed by atoms with Gasteiger partial charge in [-0.15, -0.1) is 0 Å². The fraction of sp³-hybridized carbons (Fsp3) is 0.706. The van der Waals surface area contributed by atoms with Crippen LogP contribution in [0.3, 0.4) is 0 Å². The van der Waals surface area contributed by atoms with Gasteiger partial charge < -0.3 is 9.64 Å². The third kappa shape index (κ3) is 3.57. The molecule has 1 unspecified atom stereocenters. The topological polar surface area (TPSA) is 55.3 Å². The highest BCUT2D eigenvalue weighted by Gasteiger charge is 2.31. The van der Waals surface area contributed by atoms with Crippen molar-refractivity contribution in [3.05, 3.63) is 17.5 Å². The average molecular weight is 303 g/mol. The molecule has 2 fully saturated rings. The smallest absolute Gasteiger partial charge is 0.317 e. The molecule has 0 radical (unpaired) electrons. The van der Waals surface area contributed by atoms with Gasteiger partial charge in [-0.1, -0.05) is 12.8 Å². The largest absolute Gasteiger partial charge is 0.458 e. The van der Waals surface area contributed by atoms with E-state index in [0.717, 1.165) is 43.6 Å². The molecule has 1 aromatic rings. The summed E-state index contributed by atoms with van der Waals surface area (Å²) in [5.74, 6) is 0.573. The van der Waals surface area contributed by atoms with Crippen LogP contribution in [0.4, 0.5) is 0 Å². The predicted molar refractivity (Wildman–Crippen MR) is 83.7 cm³/mol. The Morgan fingerprint density at radius 3 is 2.50 bits per heavy atom. The van der Waals surface area contributed by atoms with E-state index in [0.29, 0.717) is 18.5 Å². The molecule has 0 aromatic carbocycles. The Hall–Kier alpha value is -1.65. The van der Waals surface area contributed by atoms with Gasteiger partial charge in [0.1, 0.15) is 6.10 Å². The molecular weight excluding hydrogens is 278 g/mol. The maximum absolute atomic E-state index is 12.5. The van der Waals surface area contributed by atoms with E-state index in [-0.39, 0.29) is 12.0 Å². The summed E-state index contributed by atoms with van der Waals surface area (Å²) in [6, 6.07) is 2.38. The number of likely N-dealkylation sites (tertiary alicyclic amines) is 1. The summed E-state index contributed by atoms with van der Waals surface area (Å²) in [6.45, 7) is 5.42. The summed E-state index contributed by atoms with van der Waals surface area (Å²) in [5.41, 5.74) is 1.83. The highest BCUT2D eigenvalue weighted by atomic mass is 16.5. The molecule has 0 N–H and O–H groups in total. The molecule has 1 atom stereocenters. The van der Waals surface area contributed by atoms with E-state index < -0.39 is 0 Å². The van der Waals surface area contributed by atoms with E-state index in [1.165, 1.54) is 12.8 Å². The molecule has 120 valence electrons. The van der Waals surface area contributed by atoms with Gasteiger partial charge in [-0.25, -0.2) is 9.97 Å². The van der Waals surface area contributed by atoms with Crippen LogP contribution < -0.4 is 4.74 Å². The van der Waals surface area contributed by atoms with Gasteiger partial charge in [0.05, 0.1) is 6.54 Å². The van der Waals surface area contributed by atoms with Crippen molar-refractivity contribution in [2.24, 2.45) is 5.92 Å². The molecule has 0 spiro atoms. The van der Waals surface area contributed by atoms with Crippen LogP contribution in [0.25, 0.3) is 0 Å². The van der Waals surface area contributed by atoms with Crippen molar-refractivity contribution >= 4 is 5.91 Å². The Bertz CT molecular complexity index is 520. The lowest BCUT2D eigenvalue weighted by Gasteiger charge is -2.34. The van der Waals surface area contributed by atoms with E-state index in [1.807, 2.05) is 24.8 Å². The molecule has 2 heterocycles.